The first-order valence-corrected chi connectivity index (χ1v) is 10.7. The number of benzene rings is 1. The number of para-hydroxylation sites is 1. The van der Waals surface area contributed by atoms with Crippen molar-refractivity contribution in [3.63, 3.8) is 0 Å². The monoisotopic (exact) mass is 401 g/mol. The molecule has 0 saturated heterocycles. The average Bonchev–Trinajstić information content (AvgIpc) is 2.85. The lowest BCUT2D eigenvalue weighted by Gasteiger charge is -2.25. The highest BCUT2D eigenvalue weighted by molar-refractivity contribution is 6.06. The molecule has 2 unspecified atom stereocenters. The summed E-state index contributed by atoms with van der Waals surface area (Å²) in [4.78, 5) is 13.1. The Morgan fingerprint density at radius 3 is 1.90 bits per heavy atom. The number of hydrogen-bond acceptors (Lipinski definition) is 2. The number of anilines is 1. The molecule has 0 radical (unpaired) electrons. The zero-order valence-electron chi connectivity index (χ0n) is 19.1. The molecule has 1 amide bonds. The van der Waals surface area contributed by atoms with E-state index >= 15 is 0 Å². The van der Waals surface area contributed by atoms with E-state index in [4.69, 9.17) is 0 Å². The Morgan fingerprint density at radius 2 is 1.52 bits per heavy atom. The first-order chi connectivity index (χ1) is 13.5. The SMILES string of the molecule is Cc1nn(C)c(F)c1C(=O)Nc1c(C(C)CC(C)C)cccc1C(C)CC(C)C. The zero-order valence-corrected chi connectivity index (χ0v) is 19.1. The van der Waals surface area contributed by atoms with Crippen molar-refractivity contribution in [3.8, 4) is 0 Å². The summed E-state index contributed by atoms with van der Waals surface area (Å²) in [6, 6.07) is 6.24. The summed E-state index contributed by atoms with van der Waals surface area (Å²) in [5, 5.41) is 7.11. The van der Waals surface area contributed by atoms with Crippen LogP contribution in [0.1, 0.15) is 93.4 Å². The van der Waals surface area contributed by atoms with Crippen LogP contribution in [0.3, 0.4) is 0 Å². The van der Waals surface area contributed by atoms with Gasteiger partial charge in [0.1, 0.15) is 5.56 Å². The van der Waals surface area contributed by atoms with E-state index in [1.54, 1.807) is 6.92 Å². The van der Waals surface area contributed by atoms with E-state index in [0.29, 0.717) is 17.5 Å². The topological polar surface area (TPSA) is 46.9 Å². The van der Waals surface area contributed by atoms with Crippen molar-refractivity contribution in [2.24, 2.45) is 18.9 Å². The van der Waals surface area contributed by atoms with E-state index in [2.05, 4.69) is 70.2 Å². The number of aromatic nitrogens is 2. The predicted molar refractivity (Wildman–Crippen MR) is 118 cm³/mol. The molecule has 0 fully saturated rings. The summed E-state index contributed by atoms with van der Waals surface area (Å²) >= 11 is 0. The van der Waals surface area contributed by atoms with Crippen molar-refractivity contribution in [1.29, 1.82) is 0 Å². The van der Waals surface area contributed by atoms with E-state index in [-0.39, 0.29) is 17.4 Å². The van der Waals surface area contributed by atoms with Crippen molar-refractivity contribution < 1.29 is 9.18 Å². The Morgan fingerprint density at radius 1 is 1.03 bits per heavy atom. The standard InChI is InChI=1S/C24H36FN3O/c1-14(2)12-16(5)19-10-9-11-20(17(6)13-15(3)4)22(19)26-24(29)21-18(7)27-28(8)23(21)25/h9-11,14-17H,12-13H2,1-8H3,(H,26,29). The van der Waals surface area contributed by atoms with Crippen molar-refractivity contribution in [2.75, 3.05) is 5.32 Å². The number of halogens is 1. The third-order valence-corrected chi connectivity index (χ3v) is 5.46. The maximum Gasteiger partial charge on any atom is 0.262 e. The first-order valence-electron chi connectivity index (χ1n) is 10.7. The van der Waals surface area contributed by atoms with Crippen molar-refractivity contribution in [3.05, 3.63) is 46.5 Å². The minimum Gasteiger partial charge on any atom is -0.321 e. The van der Waals surface area contributed by atoms with Crippen molar-refractivity contribution in [2.45, 2.75) is 73.1 Å². The molecule has 1 heterocycles. The van der Waals surface area contributed by atoms with Crippen LogP contribution in [-0.2, 0) is 7.05 Å². The van der Waals surface area contributed by atoms with Gasteiger partial charge < -0.3 is 5.32 Å². The first kappa shape index (κ1) is 23.1. The third-order valence-electron chi connectivity index (χ3n) is 5.46. The van der Waals surface area contributed by atoms with Crippen LogP contribution < -0.4 is 5.32 Å². The van der Waals surface area contributed by atoms with Gasteiger partial charge in [-0.15, -0.1) is 0 Å². The summed E-state index contributed by atoms with van der Waals surface area (Å²) in [6.07, 6.45) is 2.04. The van der Waals surface area contributed by atoms with E-state index in [9.17, 15) is 9.18 Å². The fraction of sp³-hybridized carbons (Fsp3) is 0.583. The molecule has 1 N–H and O–H groups in total. The molecule has 4 nitrogen and oxygen atoms in total. The number of rotatable bonds is 8. The number of aryl methyl sites for hydroxylation is 2. The minimum absolute atomic E-state index is 0.0151. The van der Waals surface area contributed by atoms with Gasteiger partial charge in [-0.2, -0.15) is 9.49 Å². The number of nitrogens with zero attached hydrogens (tertiary/aromatic N) is 2. The summed E-state index contributed by atoms with van der Waals surface area (Å²) in [5.41, 5.74) is 3.47. The molecule has 0 spiro atoms. The number of carbonyl (C=O) groups excluding carboxylic acids is 1. The lowest BCUT2D eigenvalue weighted by atomic mass is 9.84. The largest absolute Gasteiger partial charge is 0.321 e. The highest BCUT2D eigenvalue weighted by Crippen LogP contribution is 2.37. The highest BCUT2D eigenvalue weighted by atomic mass is 19.1. The van der Waals surface area contributed by atoms with Crippen LogP contribution in [0, 0.1) is 24.7 Å². The molecule has 160 valence electrons. The second-order valence-electron chi connectivity index (χ2n) is 9.20. The summed E-state index contributed by atoms with van der Waals surface area (Å²) in [7, 11) is 1.51. The summed E-state index contributed by atoms with van der Waals surface area (Å²) in [5.74, 6) is 0.624. The van der Waals surface area contributed by atoms with E-state index in [1.807, 2.05) is 0 Å². The quantitative estimate of drug-likeness (QED) is 0.555. The molecular weight excluding hydrogens is 365 g/mol. The molecule has 0 aliphatic rings. The fourth-order valence-corrected chi connectivity index (χ4v) is 4.29. The molecule has 1 aromatic carbocycles. The van der Waals surface area contributed by atoms with Crippen molar-refractivity contribution >= 4 is 11.6 Å². The van der Waals surface area contributed by atoms with Crippen LogP contribution in [0.5, 0.6) is 0 Å². The molecular formula is C24H36FN3O. The van der Waals surface area contributed by atoms with E-state index in [0.717, 1.165) is 34.3 Å². The Labute approximate surface area is 174 Å². The number of amides is 1. The van der Waals surface area contributed by atoms with Gasteiger partial charge in [0.2, 0.25) is 5.95 Å². The van der Waals surface area contributed by atoms with Gasteiger partial charge >= 0.3 is 0 Å². The lowest BCUT2D eigenvalue weighted by Crippen LogP contribution is -2.19. The van der Waals surface area contributed by atoms with Gasteiger partial charge in [0.25, 0.3) is 5.91 Å². The maximum atomic E-state index is 14.5. The van der Waals surface area contributed by atoms with E-state index < -0.39 is 11.9 Å². The van der Waals surface area contributed by atoms with Crippen LogP contribution >= 0.6 is 0 Å². The smallest absolute Gasteiger partial charge is 0.262 e. The van der Waals surface area contributed by atoms with Gasteiger partial charge in [0, 0.05) is 12.7 Å². The van der Waals surface area contributed by atoms with Gasteiger partial charge in [0.15, 0.2) is 0 Å². The second kappa shape index (κ2) is 9.55. The predicted octanol–water partition coefficient (Wildman–Crippen LogP) is 6.42. The van der Waals surface area contributed by atoms with Gasteiger partial charge in [-0.25, -0.2) is 4.68 Å². The van der Waals surface area contributed by atoms with Crippen LogP contribution in [0.25, 0.3) is 0 Å². The van der Waals surface area contributed by atoms with Crippen LogP contribution in [-0.4, -0.2) is 15.7 Å². The minimum atomic E-state index is -0.607. The molecule has 2 aromatic rings. The number of carbonyl (C=O) groups is 1. The van der Waals surface area contributed by atoms with Crippen LogP contribution in [0.15, 0.2) is 18.2 Å². The van der Waals surface area contributed by atoms with Gasteiger partial charge in [-0.1, -0.05) is 59.7 Å². The van der Waals surface area contributed by atoms with Crippen molar-refractivity contribution in [1.82, 2.24) is 9.78 Å². The summed E-state index contributed by atoms with van der Waals surface area (Å²) < 4.78 is 15.6. The van der Waals surface area contributed by atoms with Crippen LogP contribution in [0.2, 0.25) is 0 Å². The number of nitrogens with one attached hydrogen (secondary N) is 1. The second-order valence-corrected chi connectivity index (χ2v) is 9.20. The molecule has 5 heteroatoms. The third kappa shape index (κ3) is 5.46. The molecule has 2 atom stereocenters. The molecule has 0 aliphatic heterocycles. The Kier molecular flexibility index (Phi) is 7.61. The van der Waals surface area contributed by atoms with Gasteiger partial charge in [0.05, 0.1) is 5.69 Å². The molecule has 29 heavy (non-hydrogen) atoms. The molecule has 0 saturated carbocycles. The lowest BCUT2D eigenvalue weighted by molar-refractivity contribution is 0.102. The van der Waals surface area contributed by atoms with E-state index in [1.165, 1.54) is 7.05 Å². The Hall–Kier alpha value is -2.17. The average molecular weight is 402 g/mol. The highest BCUT2D eigenvalue weighted by Gasteiger charge is 2.25. The van der Waals surface area contributed by atoms with Gasteiger partial charge in [-0.05, 0) is 54.6 Å². The molecule has 2 rings (SSSR count). The number of hydrogen-bond donors (Lipinski definition) is 1. The molecule has 1 aromatic heterocycles. The van der Waals surface area contributed by atoms with Gasteiger partial charge in [-0.3, -0.25) is 4.79 Å². The Balaban J connectivity index is 2.51. The molecule has 0 bridgehead atoms. The fourth-order valence-electron chi connectivity index (χ4n) is 4.29. The maximum absolute atomic E-state index is 14.5. The van der Waals surface area contributed by atoms with Crippen LogP contribution in [0.4, 0.5) is 10.1 Å². The Bertz CT molecular complexity index is 820. The molecule has 0 aliphatic carbocycles. The zero-order chi connectivity index (χ0) is 21.9. The summed E-state index contributed by atoms with van der Waals surface area (Å²) in [6.45, 7) is 14.9. The normalized spacial score (nSPS) is 13.8.